The van der Waals surface area contributed by atoms with Gasteiger partial charge in [0, 0.05) is 31.9 Å². The van der Waals surface area contributed by atoms with Crippen molar-refractivity contribution in [1.82, 2.24) is 9.88 Å². The standard InChI is InChI=1S/C11H13Cl2N3O/c1-8-7-15(5-6-16(8)11(13)17)10-9(12)3-2-4-14-10/h2-4,8H,5-7H2,1H3. The molecule has 0 aromatic carbocycles. The molecule has 17 heavy (non-hydrogen) atoms. The number of carbonyl (C=O) groups is 1. The van der Waals surface area contributed by atoms with Crippen LogP contribution < -0.4 is 4.90 Å². The fraction of sp³-hybridized carbons (Fsp3) is 0.455. The Kier molecular flexibility index (Phi) is 3.74. The molecule has 1 saturated heterocycles. The molecule has 2 heterocycles. The Morgan fingerprint density at radius 2 is 2.29 bits per heavy atom. The molecule has 1 fully saturated rings. The predicted molar refractivity (Wildman–Crippen MR) is 68.9 cm³/mol. The van der Waals surface area contributed by atoms with E-state index in [9.17, 15) is 4.79 Å². The molecule has 1 aliphatic rings. The molecule has 0 aliphatic carbocycles. The topological polar surface area (TPSA) is 36.4 Å². The lowest BCUT2D eigenvalue weighted by Crippen LogP contribution is -2.53. The van der Waals surface area contributed by atoms with E-state index < -0.39 is 5.37 Å². The average molecular weight is 274 g/mol. The molecule has 1 aromatic rings. The Morgan fingerprint density at radius 1 is 1.53 bits per heavy atom. The van der Waals surface area contributed by atoms with Crippen molar-refractivity contribution in [3.8, 4) is 0 Å². The fourth-order valence-corrected chi connectivity index (χ4v) is 2.51. The second kappa shape index (κ2) is 5.10. The van der Waals surface area contributed by atoms with Crippen LogP contribution in [0.3, 0.4) is 0 Å². The summed E-state index contributed by atoms with van der Waals surface area (Å²) in [6.45, 7) is 3.94. The first kappa shape index (κ1) is 12.5. The number of hydrogen-bond acceptors (Lipinski definition) is 3. The van der Waals surface area contributed by atoms with Crippen molar-refractivity contribution in [2.75, 3.05) is 24.5 Å². The molecular weight excluding hydrogens is 261 g/mol. The maximum atomic E-state index is 11.2. The molecule has 0 N–H and O–H groups in total. The van der Waals surface area contributed by atoms with Crippen LogP contribution in [0.2, 0.25) is 5.02 Å². The number of hydrogen-bond donors (Lipinski definition) is 0. The zero-order chi connectivity index (χ0) is 12.4. The van der Waals surface area contributed by atoms with Crippen LogP contribution in [0, 0.1) is 0 Å². The van der Waals surface area contributed by atoms with E-state index in [1.165, 1.54) is 0 Å². The van der Waals surface area contributed by atoms with Crippen LogP contribution in [-0.2, 0) is 0 Å². The van der Waals surface area contributed by atoms with Gasteiger partial charge in [0.25, 0.3) is 0 Å². The van der Waals surface area contributed by atoms with Crippen LogP contribution in [-0.4, -0.2) is 40.9 Å². The lowest BCUT2D eigenvalue weighted by molar-refractivity contribution is 0.194. The van der Waals surface area contributed by atoms with Crippen LogP contribution >= 0.6 is 23.2 Å². The number of piperazine rings is 1. The van der Waals surface area contributed by atoms with Gasteiger partial charge < -0.3 is 9.80 Å². The largest absolute Gasteiger partial charge is 0.352 e. The monoisotopic (exact) mass is 273 g/mol. The van der Waals surface area contributed by atoms with Crippen molar-refractivity contribution in [2.45, 2.75) is 13.0 Å². The van der Waals surface area contributed by atoms with E-state index in [1.807, 2.05) is 13.0 Å². The van der Waals surface area contributed by atoms with Crippen LogP contribution in [0.25, 0.3) is 0 Å². The normalized spacial score (nSPS) is 20.5. The molecule has 0 radical (unpaired) electrons. The molecule has 2 rings (SSSR count). The highest BCUT2D eigenvalue weighted by Gasteiger charge is 2.27. The predicted octanol–water partition coefficient (Wildman–Crippen LogP) is 2.60. The smallest absolute Gasteiger partial charge is 0.316 e. The molecule has 1 atom stereocenters. The molecule has 0 saturated carbocycles. The third-order valence-electron chi connectivity index (χ3n) is 2.89. The maximum Gasteiger partial charge on any atom is 0.316 e. The first-order chi connectivity index (χ1) is 8.09. The zero-order valence-electron chi connectivity index (χ0n) is 9.44. The fourth-order valence-electron chi connectivity index (χ4n) is 2.02. The zero-order valence-corrected chi connectivity index (χ0v) is 10.9. The lowest BCUT2D eigenvalue weighted by atomic mass is 10.2. The van der Waals surface area contributed by atoms with Crippen LogP contribution in [0.4, 0.5) is 10.6 Å². The Labute approximate surface area is 110 Å². The number of halogens is 2. The van der Waals surface area contributed by atoms with E-state index >= 15 is 0 Å². The first-order valence-electron chi connectivity index (χ1n) is 5.41. The third kappa shape index (κ3) is 2.64. The van der Waals surface area contributed by atoms with Gasteiger partial charge in [-0.2, -0.15) is 0 Å². The van der Waals surface area contributed by atoms with E-state index in [1.54, 1.807) is 17.2 Å². The molecule has 0 spiro atoms. The Morgan fingerprint density at radius 3 is 2.88 bits per heavy atom. The molecule has 0 bridgehead atoms. The summed E-state index contributed by atoms with van der Waals surface area (Å²) in [7, 11) is 0. The van der Waals surface area contributed by atoms with Gasteiger partial charge in [-0.3, -0.25) is 4.79 Å². The summed E-state index contributed by atoms with van der Waals surface area (Å²) < 4.78 is 0. The van der Waals surface area contributed by atoms with Gasteiger partial charge in [0.15, 0.2) is 0 Å². The van der Waals surface area contributed by atoms with Crippen molar-refractivity contribution >= 4 is 34.4 Å². The third-order valence-corrected chi connectivity index (χ3v) is 3.40. The van der Waals surface area contributed by atoms with Crippen LogP contribution in [0.15, 0.2) is 18.3 Å². The van der Waals surface area contributed by atoms with Gasteiger partial charge >= 0.3 is 5.37 Å². The number of nitrogens with zero attached hydrogens (tertiary/aromatic N) is 3. The van der Waals surface area contributed by atoms with Crippen molar-refractivity contribution in [3.63, 3.8) is 0 Å². The Bertz CT molecular complexity index is 427. The van der Waals surface area contributed by atoms with E-state index in [0.29, 0.717) is 24.7 Å². The van der Waals surface area contributed by atoms with E-state index in [4.69, 9.17) is 23.2 Å². The van der Waals surface area contributed by atoms with Gasteiger partial charge in [-0.1, -0.05) is 11.6 Å². The minimum Gasteiger partial charge on any atom is -0.352 e. The van der Waals surface area contributed by atoms with Crippen molar-refractivity contribution < 1.29 is 4.79 Å². The number of carbonyl (C=O) groups excluding carboxylic acids is 1. The first-order valence-corrected chi connectivity index (χ1v) is 6.16. The summed E-state index contributed by atoms with van der Waals surface area (Å²) in [5.41, 5.74) is 0. The van der Waals surface area contributed by atoms with Gasteiger partial charge in [-0.05, 0) is 30.7 Å². The highest BCUT2D eigenvalue weighted by atomic mass is 35.5. The Hall–Kier alpha value is -1.000. The molecular formula is C11H13Cl2N3O. The molecule has 1 unspecified atom stereocenters. The van der Waals surface area contributed by atoms with Crippen molar-refractivity contribution in [1.29, 1.82) is 0 Å². The summed E-state index contributed by atoms with van der Waals surface area (Å²) in [4.78, 5) is 19.1. The van der Waals surface area contributed by atoms with Gasteiger partial charge in [-0.25, -0.2) is 4.98 Å². The molecule has 6 heteroatoms. The minimum absolute atomic E-state index is 0.0619. The second-order valence-electron chi connectivity index (χ2n) is 4.05. The number of aromatic nitrogens is 1. The van der Waals surface area contributed by atoms with Gasteiger partial charge in [0.05, 0.1) is 5.02 Å². The summed E-state index contributed by atoms with van der Waals surface area (Å²) >= 11 is 11.6. The maximum absolute atomic E-state index is 11.2. The van der Waals surface area contributed by atoms with Gasteiger partial charge in [0.1, 0.15) is 5.82 Å². The van der Waals surface area contributed by atoms with Crippen LogP contribution in [0.5, 0.6) is 0 Å². The molecule has 4 nitrogen and oxygen atoms in total. The van der Waals surface area contributed by atoms with Gasteiger partial charge in [0.2, 0.25) is 0 Å². The summed E-state index contributed by atoms with van der Waals surface area (Å²) in [6, 6.07) is 3.67. The second-order valence-corrected chi connectivity index (χ2v) is 4.78. The van der Waals surface area contributed by atoms with E-state index in [-0.39, 0.29) is 6.04 Å². The van der Waals surface area contributed by atoms with Crippen LogP contribution in [0.1, 0.15) is 6.92 Å². The summed E-state index contributed by atoms with van der Waals surface area (Å²) in [5.74, 6) is 0.766. The number of rotatable bonds is 1. The number of anilines is 1. The average Bonchev–Trinajstić information content (AvgIpc) is 2.29. The van der Waals surface area contributed by atoms with Crippen molar-refractivity contribution in [2.24, 2.45) is 0 Å². The SMILES string of the molecule is CC1CN(c2ncccc2Cl)CCN1C(=O)Cl. The summed E-state index contributed by atoms with van der Waals surface area (Å²) in [6.07, 6.45) is 1.71. The quantitative estimate of drug-likeness (QED) is 0.583. The Balaban J connectivity index is 2.12. The molecule has 1 aromatic heterocycles. The lowest BCUT2D eigenvalue weighted by Gasteiger charge is -2.39. The highest BCUT2D eigenvalue weighted by molar-refractivity contribution is 6.62. The van der Waals surface area contributed by atoms with E-state index in [2.05, 4.69) is 9.88 Å². The van der Waals surface area contributed by atoms with E-state index in [0.717, 1.165) is 5.82 Å². The summed E-state index contributed by atoms with van der Waals surface area (Å²) in [5, 5.41) is 0.231. The molecule has 1 aliphatic heterocycles. The number of amides is 1. The minimum atomic E-state index is -0.399. The molecule has 92 valence electrons. The molecule has 1 amide bonds. The number of pyridine rings is 1. The van der Waals surface area contributed by atoms with Gasteiger partial charge in [-0.15, -0.1) is 0 Å². The van der Waals surface area contributed by atoms with Crippen molar-refractivity contribution in [3.05, 3.63) is 23.4 Å². The highest BCUT2D eigenvalue weighted by Crippen LogP contribution is 2.25.